The fraction of sp³-hybridized carbons (Fsp3) is 0.750. The Kier molecular flexibility index (Phi) is 2.19. The maximum atomic E-state index is 10.2. The maximum Gasteiger partial charge on any atom is 0.233 e. The lowest BCUT2D eigenvalue weighted by Gasteiger charge is -2.10. The molecule has 0 radical (unpaired) electrons. The lowest BCUT2D eigenvalue weighted by molar-refractivity contribution is -0.488. The van der Waals surface area contributed by atoms with E-state index in [-0.39, 0.29) is 6.04 Å². The molecule has 3 nitrogen and oxygen atoms in total. The third-order valence-electron chi connectivity index (χ3n) is 0.656. The smallest absolute Gasteiger partial charge is 0.233 e. The molecule has 0 spiro atoms. The zero-order chi connectivity index (χ0) is 5.86. The van der Waals surface area contributed by atoms with E-state index in [4.69, 9.17) is 5.73 Å². The molecule has 0 aliphatic rings. The van der Waals surface area contributed by atoms with E-state index in [1.165, 1.54) is 0 Å². The first-order chi connectivity index (χ1) is 3.18. The van der Waals surface area contributed by atoms with Gasteiger partial charge in [0.25, 0.3) is 0 Å². The number of nitrogens with zero attached hydrogens (tertiary/aromatic N) is 1. The second-order valence-electron chi connectivity index (χ2n) is 1.60. The maximum absolute atomic E-state index is 10.2. The standard InChI is InChI=1S/C4H10N2O/c1-4(2)6(7)3-5/h3-4H,5H2,1-2H3/b6-3-. The summed E-state index contributed by atoms with van der Waals surface area (Å²) in [5, 5.41) is 10.2. The molecule has 0 aliphatic carbocycles. The quantitative estimate of drug-likeness (QED) is 0.165. The van der Waals surface area contributed by atoms with E-state index < -0.39 is 0 Å². The van der Waals surface area contributed by atoms with Gasteiger partial charge in [0.15, 0.2) is 0 Å². The molecule has 0 aromatic carbocycles. The molecule has 0 rings (SSSR count). The first-order valence-electron chi connectivity index (χ1n) is 2.19. The zero-order valence-corrected chi connectivity index (χ0v) is 4.59. The van der Waals surface area contributed by atoms with Crippen molar-refractivity contribution in [1.29, 1.82) is 0 Å². The van der Waals surface area contributed by atoms with Crippen molar-refractivity contribution >= 4 is 6.34 Å². The Morgan fingerprint density at radius 3 is 2.14 bits per heavy atom. The summed E-state index contributed by atoms with van der Waals surface area (Å²) in [5.74, 6) is 0. The number of hydroxylamine groups is 1. The Labute approximate surface area is 43.0 Å². The topological polar surface area (TPSA) is 52.1 Å². The van der Waals surface area contributed by atoms with Crippen LogP contribution in [0.3, 0.4) is 0 Å². The second-order valence-corrected chi connectivity index (χ2v) is 1.60. The molecule has 0 saturated carbocycles. The van der Waals surface area contributed by atoms with E-state index in [1.54, 1.807) is 13.8 Å². The fourth-order valence-electron chi connectivity index (χ4n) is 0.172. The van der Waals surface area contributed by atoms with Gasteiger partial charge in [0.05, 0.1) is 6.04 Å². The van der Waals surface area contributed by atoms with Gasteiger partial charge in [-0.3, -0.25) is 10.5 Å². The van der Waals surface area contributed by atoms with Crippen LogP contribution >= 0.6 is 0 Å². The summed E-state index contributed by atoms with van der Waals surface area (Å²) in [6, 6.07) is -0.0370. The number of hydrogen-bond acceptors (Lipinski definition) is 1. The molecule has 0 bridgehead atoms. The van der Waals surface area contributed by atoms with Crippen molar-refractivity contribution in [3.63, 3.8) is 0 Å². The minimum Gasteiger partial charge on any atom is -0.715 e. The largest absolute Gasteiger partial charge is 0.715 e. The molecule has 0 unspecified atom stereocenters. The van der Waals surface area contributed by atoms with E-state index >= 15 is 0 Å². The van der Waals surface area contributed by atoms with Crippen molar-refractivity contribution in [2.24, 2.45) is 5.73 Å². The molecule has 0 fully saturated rings. The predicted molar refractivity (Wildman–Crippen MR) is 29.0 cm³/mol. The second kappa shape index (κ2) is 2.44. The van der Waals surface area contributed by atoms with E-state index in [0.717, 1.165) is 6.34 Å². The van der Waals surface area contributed by atoms with E-state index in [0.29, 0.717) is 4.74 Å². The first-order valence-corrected chi connectivity index (χ1v) is 2.19. The number of nitrogens with two attached hydrogens (primary N) is 1. The summed E-state index contributed by atoms with van der Waals surface area (Å²) in [6.45, 7) is 3.55. The van der Waals surface area contributed by atoms with Gasteiger partial charge in [-0.15, -0.1) is 0 Å². The molecule has 0 atom stereocenters. The molecule has 7 heavy (non-hydrogen) atoms. The van der Waals surface area contributed by atoms with Crippen LogP contribution in [-0.2, 0) is 0 Å². The summed E-state index contributed by atoms with van der Waals surface area (Å²) in [6.07, 6.45) is 1.02. The molecule has 2 N–H and O–H groups in total. The Morgan fingerprint density at radius 1 is 1.71 bits per heavy atom. The van der Waals surface area contributed by atoms with Gasteiger partial charge in [-0.05, 0) is 13.8 Å². The summed E-state index contributed by atoms with van der Waals surface area (Å²) >= 11 is 0. The highest BCUT2D eigenvalue weighted by molar-refractivity contribution is 5.44. The van der Waals surface area contributed by atoms with Crippen LogP contribution in [0.1, 0.15) is 13.8 Å². The number of hydrogen-bond donors (Lipinski definition) is 1. The molecule has 3 heteroatoms. The minimum atomic E-state index is -0.0370. The third-order valence-corrected chi connectivity index (χ3v) is 0.656. The summed E-state index contributed by atoms with van der Waals surface area (Å²) < 4.78 is 0.694. The average Bonchev–Trinajstić information content (AvgIpc) is 1.65. The van der Waals surface area contributed by atoms with Crippen LogP contribution in [0.4, 0.5) is 0 Å². The van der Waals surface area contributed by atoms with Crippen molar-refractivity contribution in [2.45, 2.75) is 19.9 Å². The van der Waals surface area contributed by atoms with Crippen LogP contribution in [0.15, 0.2) is 0 Å². The SMILES string of the molecule is CC(C)/[N+]([O-])=C/N. The Hall–Kier alpha value is -0.730. The van der Waals surface area contributed by atoms with Crippen LogP contribution in [0.5, 0.6) is 0 Å². The zero-order valence-electron chi connectivity index (χ0n) is 4.59. The van der Waals surface area contributed by atoms with Crippen LogP contribution < -0.4 is 5.73 Å². The molecule has 0 aromatic heterocycles. The van der Waals surface area contributed by atoms with Gasteiger partial charge in [0.2, 0.25) is 6.34 Å². The van der Waals surface area contributed by atoms with Crippen molar-refractivity contribution in [3.8, 4) is 0 Å². The van der Waals surface area contributed by atoms with E-state index in [2.05, 4.69) is 0 Å². The lowest BCUT2D eigenvalue weighted by Crippen LogP contribution is -2.18. The van der Waals surface area contributed by atoms with Gasteiger partial charge in [-0.1, -0.05) is 0 Å². The monoisotopic (exact) mass is 102 g/mol. The van der Waals surface area contributed by atoms with Gasteiger partial charge < -0.3 is 5.21 Å². The van der Waals surface area contributed by atoms with Crippen LogP contribution in [-0.4, -0.2) is 17.1 Å². The van der Waals surface area contributed by atoms with Crippen molar-refractivity contribution in [2.75, 3.05) is 0 Å². The highest BCUT2D eigenvalue weighted by Crippen LogP contribution is 1.80. The summed E-state index contributed by atoms with van der Waals surface area (Å²) in [4.78, 5) is 0. The fourth-order valence-corrected chi connectivity index (χ4v) is 0.172. The average molecular weight is 102 g/mol. The lowest BCUT2D eigenvalue weighted by atomic mass is 10.4. The van der Waals surface area contributed by atoms with E-state index in [1.807, 2.05) is 0 Å². The molecule has 0 aliphatic heterocycles. The van der Waals surface area contributed by atoms with Gasteiger partial charge in [-0.2, -0.15) is 0 Å². The summed E-state index contributed by atoms with van der Waals surface area (Å²) in [7, 11) is 0. The van der Waals surface area contributed by atoms with Crippen molar-refractivity contribution in [3.05, 3.63) is 5.21 Å². The van der Waals surface area contributed by atoms with E-state index in [9.17, 15) is 5.21 Å². The molecule has 0 aromatic rings. The first kappa shape index (κ1) is 6.27. The van der Waals surface area contributed by atoms with Crippen molar-refractivity contribution in [1.82, 2.24) is 0 Å². The van der Waals surface area contributed by atoms with Crippen LogP contribution in [0, 0.1) is 5.21 Å². The van der Waals surface area contributed by atoms with Gasteiger partial charge >= 0.3 is 0 Å². The van der Waals surface area contributed by atoms with Gasteiger partial charge in [-0.25, -0.2) is 0 Å². The summed E-state index contributed by atoms with van der Waals surface area (Å²) in [5.41, 5.74) is 4.86. The molecular formula is C4H10N2O. The Morgan fingerprint density at radius 2 is 2.14 bits per heavy atom. The molecule has 0 heterocycles. The molecule has 42 valence electrons. The van der Waals surface area contributed by atoms with Gasteiger partial charge in [0.1, 0.15) is 0 Å². The molecule has 0 saturated heterocycles. The van der Waals surface area contributed by atoms with Crippen molar-refractivity contribution < 1.29 is 4.74 Å². The minimum absolute atomic E-state index is 0.0370. The van der Waals surface area contributed by atoms with Crippen LogP contribution in [0.25, 0.3) is 0 Å². The highest BCUT2D eigenvalue weighted by Gasteiger charge is 1.88. The normalized spacial score (nSPS) is 12.7. The van der Waals surface area contributed by atoms with Crippen LogP contribution in [0.2, 0.25) is 0 Å². The molecular weight excluding hydrogens is 92.1 g/mol. The Balaban J connectivity index is 3.56. The predicted octanol–water partition coefficient (Wildman–Crippen LogP) is -0.108. The highest BCUT2D eigenvalue weighted by atomic mass is 16.5. The molecule has 0 amide bonds. The number of rotatable bonds is 1. The Bertz CT molecular complexity index is 77.8. The van der Waals surface area contributed by atoms with Gasteiger partial charge in [0, 0.05) is 0 Å². The third kappa shape index (κ3) is 2.03.